The summed E-state index contributed by atoms with van der Waals surface area (Å²) in [5.41, 5.74) is 1.25. The van der Waals surface area contributed by atoms with Gasteiger partial charge in [-0.05, 0) is 23.8 Å². The third-order valence-corrected chi connectivity index (χ3v) is 5.64. The Morgan fingerprint density at radius 3 is 2.71 bits per heavy atom. The van der Waals surface area contributed by atoms with Gasteiger partial charge in [0.05, 0.1) is 13.2 Å². The van der Waals surface area contributed by atoms with E-state index in [2.05, 4.69) is 15.0 Å². The lowest BCUT2D eigenvalue weighted by molar-refractivity contribution is -0.118. The van der Waals surface area contributed by atoms with E-state index in [0.717, 1.165) is 11.3 Å². The molecule has 0 saturated carbocycles. The molecule has 3 heterocycles. The predicted molar refractivity (Wildman–Crippen MR) is 123 cm³/mol. The van der Waals surface area contributed by atoms with Crippen molar-refractivity contribution in [1.82, 2.24) is 19.9 Å². The van der Waals surface area contributed by atoms with Crippen LogP contribution in [0.3, 0.4) is 0 Å². The van der Waals surface area contributed by atoms with Crippen LogP contribution in [-0.4, -0.2) is 70.8 Å². The Hall–Kier alpha value is -3.50. The number of ether oxygens (including phenoxy) is 2. The molecule has 1 aromatic carbocycles. The van der Waals surface area contributed by atoms with E-state index in [1.165, 1.54) is 17.2 Å². The van der Waals surface area contributed by atoms with Crippen molar-refractivity contribution in [2.24, 2.45) is 0 Å². The number of aliphatic hydroxyl groups is 1. The summed E-state index contributed by atoms with van der Waals surface area (Å²) in [5, 5.41) is 10.5. The monoisotopic (exact) mass is 487 g/mol. The summed E-state index contributed by atoms with van der Waals surface area (Å²) in [5.74, 6) is 0.667. The van der Waals surface area contributed by atoms with E-state index < -0.39 is 12.1 Å². The van der Waals surface area contributed by atoms with E-state index >= 15 is 0 Å². The highest BCUT2D eigenvalue weighted by Crippen LogP contribution is 2.35. The van der Waals surface area contributed by atoms with E-state index in [-0.39, 0.29) is 36.4 Å². The third kappa shape index (κ3) is 5.52. The van der Waals surface area contributed by atoms with Crippen LogP contribution in [0.25, 0.3) is 11.4 Å². The smallest absolute Gasteiger partial charge is 0.238 e. The summed E-state index contributed by atoms with van der Waals surface area (Å²) in [6.07, 6.45) is 1.21. The molecule has 1 unspecified atom stereocenters. The topological polar surface area (TPSA) is 101 Å². The van der Waals surface area contributed by atoms with Gasteiger partial charge >= 0.3 is 0 Å². The molecular formula is C23H23ClFN5O4. The highest BCUT2D eigenvalue weighted by molar-refractivity contribution is 6.34. The van der Waals surface area contributed by atoms with Gasteiger partial charge in [0.1, 0.15) is 17.4 Å². The number of carbonyl (C=O) groups excluding carboxylic acids is 1. The fourth-order valence-electron chi connectivity index (χ4n) is 3.57. The summed E-state index contributed by atoms with van der Waals surface area (Å²) in [7, 11) is 1.59. The number of pyridine rings is 1. The lowest BCUT2D eigenvalue weighted by Crippen LogP contribution is -2.34. The normalized spacial score (nSPS) is 16.2. The van der Waals surface area contributed by atoms with E-state index in [0.29, 0.717) is 30.9 Å². The number of aliphatic hydroxyl groups excluding tert-OH is 1. The second-order valence-electron chi connectivity index (χ2n) is 7.69. The number of hydrogen-bond acceptors (Lipinski definition) is 8. The van der Waals surface area contributed by atoms with Gasteiger partial charge in [0.25, 0.3) is 0 Å². The Morgan fingerprint density at radius 1 is 1.21 bits per heavy atom. The first-order valence-corrected chi connectivity index (χ1v) is 10.9. The van der Waals surface area contributed by atoms with Crippen molar-refractivity contribution in [1.29, 1.82) is 0 Å². The molecule has 1 saturated heterocycles. The molecule has 0 aliphatic carbocycles. The van der Waals surface area contributed by atoms with Gasteiger partial charge in [-0.3, -0.25) is 4.79 Å². The van der Waals surface area contributed by atoms with Crippen LogP contribution in [-0.2, 0) is 11.4 Å². The van der Waals surface area contributed by atoms with Gasteiger partial charge in [-0.2, -0.15) is 9.37 Å². The van der Waals surface area contributed by atoms with E-state index in [9.17, 15) is 14.3 Å². The molecule has 1 aliphatic rings. The Kier molecular flexibility index (Phi) is 7.39. The lowest BCUT2D eigenvalue weighted by atomic mass is 10.2. The van der Waals surface area contributed by atoms with Crippen LogP contribution in [0.5, 0.6) is 11.6 Å². The van der Waals surface area contributed by atoms with Crippen molar-refractivity contribution in [3.63, 3.8) is 0 Å². The van der Waals surface area contributed by atoms with E-state index in [1.54, 1.807) is 18.1 Å². The molecule has 0 radical (unpaired) electrons. The first-order valence-electron chi connectivity index (χ1n) is 10.5. The van der Waals surface area contributed by atoms with Crippen LogP contribution in [0.2, 0.25) is 5.02 Å². The maximum Gasteiger partial charge on any atom is 0.238 e. The van der Waals surface area contributed by atoms with Crippen molar-refractivity contribution < 1.29 is 23.8 Å². The first kappa shape index (κ1) is 23.7. The van der Waals surface area contributed by atoms with Gasteiger partial charge in [-0.25, -0.2) is 9.97 Å². The molecule has 0 bridgehead atoms. The number of amides is 1. The molecule has 2 aromatic heterocycles. The molecule has 3 aromatic rings. The number of benzene rings is 1. The summed E-state index contributed by atoms with van der Waals surface area (Å²) in [6.45, 7) is 1.33. The molecule has 34 heavy (non-hydrogen) atoms. The zero-order valence-corrected chi connectivity index (χ0v) is 19.2. The minimum absolute atomic E-state index is 0.112. The zero-order chi connectivity index (χ0) is 24.1. The number of anilines is 1. The summed E-state index contributed by atoms with van der Waals surface area (Å²) in [4.78, 5) is 27.0. The molecule has 178 valence electrons. The molecule has 1 fully saturated rings. The summed E-state index contributed by atoms with van der Waals surface area (Å²) < 4.78 is 24.9. The molecule has 1 N–H and O–H groups in total. The van der Waals surface area contributed by atoms with Gasteiger partial charge < -0.3 is 24.4 Å². The van der Waals surface area contributed by atoms with Crippen molar-refractivity contribution in [3.8, 4) is 23.0 Å². The minimum atomic E-state index is -0.802. The quantitative estimate of drug-likeness (QED) is 0.401. The molecular weight excluding hydrogens is 465 g/mol. The summed E-state index contributed by atoms with van der Waals surface area (Å²) in [6, 6.07) is 10.1. The van der Waals surface area contributed by atoms with Crippen LogP contribution in [0, 0.1) is 5.95 Å². The van der Waals surface area contributed by atoms with E-state index in [1.807, 2.05) is 24.3 Å². The van der Waals surface area contributed by atoms with E-state index in [4.69, 9.17) is 21.1 Å². The molecule has 1 atom stereocenters. The molecule has 1 amide bonds. The average Bonchev–Trinajstić information content (AvgIpc) is 3.04. The SMILES string of the molecule is COc1ccc(COc2nc(-c3ccnc(F)c3)nc(N3CCN(C=O)CC(O)C3)c2Cl)cc1. The standard InChI is InChI=1S/C23H23ClFN5O4/c1-33-18-4-2-15(3-5-18)13-34-23-20(24)22(30-9-8-29(14-31)11-17(32)12-30)27-21(28-23)16-6-7-26-19(25)10-16/h2-7,10,14,17,32H,8-9,11-13H2,1H3. The molecule has 0 spiro atoms. The number of aromatic nitrogens is 3. The largest absolute Gasteiger partial charge is 0.497 e. The fraction of sp³-hybridized carbons (Fsp3) is 0.304. The molecule has 9 nitrogen and oxygen atoms in total. The predicted octanol–water partition coefficient (Wildman–Crippen LogP) is 2.56. The number of β-amino-alcohol motifs (C(OH)–C–C–N with tert-alkyl or cyclic N) is 1. The fourth-order valence-corrected chi connectivity index (χ4v) is 3.83. The van der Waals surface area contributed by atoms with Gasteiger partial charge in [0, 0.05) is 44.0 Å². The summed E-state index contributed by atoms with van der Waals surface area (Å²) >= 11 is 6.66. The second-order valence-corrected chi connectivity index (χ2v) is 8.07. The highest BCUT2D eigenvalue weighted by Gasteiger charge is 2.26. The van der Waals surface area contributed by atoms with Crippen molar-refractivity contribution in [2.75, 3.05) is 38.2 Å². The second kappa shape index (κ2) is 10.6. The maximum absolute atomic E-state index is 13.8. The molecule has 11 heteroatoms. The lowest BCUT2D eigenvalue weighted by Gasteiger charge is -2.25. The number of nitrogens with zero attached hydrogens (tertiary/aromatic N) is 5. The van der Waals surface area contributed by atoms with Gasteiger partial charge in [-0.15, -0.1) is 0 Å². The maximum atomic E-state index is 13.8. The van der Waals surface area contributed by atoms with Crippen molar-refractivity contribution in [3.05, 3.63) is 59.1 Å². The Labute approximate surface area is 200 Å². The Balaban J connectivity index is 1.69. The first-order chi connectivity index (χ1) is 16.5. The number of halogens is 2. The van der Waals surface area contributed by atoms with Crippen molar-refractivity contribution in [2.45, 2.75) is 12.7 Å². The number of hydrogen-bond donors (Lipinski definition) is 1. The van der Waals surface area contributed by atoms with Crippen LogP contribution >= 0.6 is 11.6 Å². The van der Waals surface area contributed by atoms with Crippen LogP contribution in [0.1, 0.15) is 5.56 Å². The third-order valence-electron chi connectivity index (χ3n) is 5.30. The van der Waals surface area contributed by atoms with Crippen LogP contribution in [0.15, 0.2) is 42.6 Å². The average molecular weight is 488 g/mol. The van der Waals surface area contributed by atoms with Crippen LogP contribution < -0.4 is 14.4 Å². The number of carbonyl (C=O) groups is 1. The Morgan fingerprint density at radius 2 is 2.00 bits per heavy atom. The van der Waals surface area contributed by atoms with Gasteiger partial charge in [0.2, 0.25) is 18.2 Å². The zero-order valence-electron chi connectivity index (χ0n) is 18.4. The number of methoxy groups -OCH3 is 1. The molecule has 1 aliphatic heterocycles. The number of rotatable bonds is 7. The van der Waals surface area contributed by atoms with Gasteiger partial charge in [-0.1, -0.05) is 23.7 Å². The van der Waals surface area contributed by atoms with Crippen LogP contribution in [0.4, 0.5) is 10.2 Å². The minimum Gasteiger partial charge on any atom is -0.497 e. The van der Waals surface area contributed by atoms with Crippen molar-refractivity contribution >= 4 is 23.8 Å². The van der Waals surface area contributed by atoms with Gasteiger partial charge in [0.15, 0.2) is 11.6 Å². The highest BCUT2D eigenvalue weighted by atomic mass is 35.5. The Bertz CT molecular complexity index is 1150. The molecule has 4 rings (SSSR count).